The Balaban J connectivity index is 3.33. The van der Waals surface area contributed by atoms with Gasteiger partial charge in [-0.25, -0.2) is 0 Å². The number of rotatable bonds is 9. The van der Waals surface area contributed by atoms with Crippen molar-refractivity contribution >= 4 is 11.8 Å². The first-order chi connectivity index (χ1) is 6.74. The zero-order valence-corrected chi connectivity index (χ0v) is 11.0. The van der Waals surface area contributed by atoms with Crippen molar-refractivity contribution in [3.05, 3.63) is 0 Å². The summed E-state index contributed by atoms with van der Waals surface area (Å²) in [6, 6.07) is 0.665. The highest BCUT2D eigenvalue weighted by Crippen LogP contribution is 1.99. The van der Waals surface area contributed by atoms with Gasteiger partial charge in [-0.3, -0.25) is 0 Å². The molecule has 0 fully saturated rings. The van der Waals surface area contributed by atoms with Crippen molar-refractivity contribution in [2.45, 2.75) is 33.2 Å². The monoisotopic (exact) mass is 218 g/mol. The van der Waals surface area contributed by atoms with E-state index in [0.717, 1.165) is 19.6 Å². The summed E-state index contributed by atoms with van der Waals surface area (Å²) in [5.74, 6) is 1.26. The summed E-state index contributed by atoms with van der Waals surface area (Å²) in [6.07, 6.45) is 3.45. The highest BCUT2D eigenvalue weighted by molar-refractivity contribution is 7.98. The van der Waals surface area contributed by atoms with Crippen LogP contribution >= 0.6 is 11.8 Å². The maximum Gasteiger partial charge on any atom is 0.0107 e. The molecule has 0 aromatic carbocycles. The van der Waals surface area contributed by atoms with Gasteiger partial charge in [0.25, 0.3) is 0 Å². The molecule has 0 aromatic rings. The fraction of sp³-hybridized carbons (Fsp3) is 1.00. The molecule has 0 heterocycles. The summed E-state index contributed by atoms with van der Waals surface area (Å²) >= 11 is 1.93. The Hall–Kier alpha value is 0.270. The number of hydrogen-bond donors (Lipinski definition) is 1. The van der Waals surface area contributed by atoms with Gasteiger partial charge in [-0.15, -0.1) is 0 Å². The van der Waals surface area contributed by atoms with Crippen LogP contribution in [0.15, 0.2) is 0 Å². The lowest BCUT2D eigenvalue weighted by Gasteiger charge is -2.20. The molecule has 0 bridgehead atoms. The van der Waals surface area contributed by atoms with Gasteiger partial charge >= 0.3 is 0 Å². The van der Waals surface area contributed by atoms with Crippen LogP contribution in [0.3, 0.4) is 0 Å². The second-order valence-corrected chi connectivity index (χ2v) is 4.65. The minimum Gasteiger partial charge on any atom is -0.313 e. The molecule has 3 heteroatoms. The van der Waals surface area contributed by atoms with Crippen molar-refractivity contribution in [1.82, 2.24) is 10.2 Å². The molecule has 86 valence electrons. The van der Waals surface area contributed by atoms with E-state index in [-0.39, 0.29) is 0 Å². The molecular formula is C11H26N2S. The van der Waals surface area contributed by atoms with Gasteiger partial charge in [-0.2, -0.15) is 11.8 Å². The van der Waals surface area contributed by atoms with E-state index >= 15 is 0 Å². The Kier molecular flexibility index (Phi) is 10.0. The molecule has 0 saturated carbocycles. The second kappa shape index (κ2) is 9.81. The van der Waals surface area contributed by atoms with Crippen LogP contribution < -0.4 is 5.32 Å². The molecule has 2 nitrogen and oxygen atoms in total. The molecule has 0 spiro atoms. The Morgan fingerprint density at radius 3 is 2.43 bits per heavy atom. The molecule has 1 unspecified atom stereocenters. The zero-order valence-electron chi connectivity index (χ0n) is 10.2. The Labute approximate surface area is 93.8 Å². The van der Waals surface area contributed by atoms with Crippen LogP contribution in [0.5, 0.6) is 0 Å². The first-order valence-corrected chi connectivity index (χ1v) is 7.08. The van der Waals surface area contributed by atoms with Gasteiger partial charge in [0.2, 0.25) is 0 Å². The van der Waals surface area contributed by atoms with Gasteiger partial charge in [0.05, 0.1) is 0 Å². The molecular weight excluding hydrogens is 192 g/mol. The van der Waals surface area contributed by atoms with Gasteiger partial charge < -0.3 is 10.2 Å². The Morgan fingerprint density at radius 1 is 1.29 bits per heavy atom. The van der Waals surface area contributed by atoms with Crippen LogP contribution in [0.4, 0.5) is 0 Å². The lowest BCUT2D eigenvalue weighted by molar-refractivity contribution is 0.297. The Morgan fingerprint density at radius 2 is 1.93 bits per heavy atom. The highest BCUT2D eigenvalue weighted by Gasteiger charge is 2.02. The third kappa shape index (κ3) is 7.65. The smallest absolute Gasteiger partial charge is 0.0107 e. The molecule has 0 aliphatic heterocycles. The summed E-state index contributed by atoms with van der Waals surface area (Å²) < 4.78 is 0. The standard InChI is InChI=1S/C11H26N2S/c1-5-13(6-2)9-8-12-11(3)7-10-14-4/h11-12H,5-10H2,1-4H3. The average molecular weight is 218 g/mol. The van der Waals surface area contributed by atoms with Crippen molar-refractivity contribution in [2.24, 2.45) is 0 Å². The normalized spacial score (nSPS) is 13.5. The number of likely N-dealkylation sites (N-methyl/N-ethyl adjacent to an activating group) is 1. The van der Waals surface area contributed by atoms with Crippen molar-refractivity contribution in [3.8, 4) is 0 Å². The van der Waals surface area contributed by atoms with Gasteiger partial charge in [-0.1, -0.05) is 13.8 Å². The largest absolute Gasteiger partial charge is 0.313 e. The molecule has 0 aromatic heterocycles. The third-order valence-corrected chi connectivity index (χ3v) is 3.21. The summed E-state index contributed by atoms with van der Waals surface area (Å²) in [5, 5.41) is 3.56. The predicted molar refractivity (Wildman–Crippen MR) is 68.3 cm³/mol. The van der Waals surface area contributed by atoms with Crippen molar-refractivity contribution < 1.29 is 0 Å². The van der Waals surface area contributed by atoms with Crippen LogP contribution in [0.25, 0.3) is 0 Å². The first-order valence-electron chi connectivity index (χ1n) is 5.69. The minimum atomic E-state index is 0.665. The summed E-state index contributed by atoms with van der Waals surface area (Å²) in [4.78, 5) is 2.45. The van der Waals surface area contributed by atoms with E-state index in [1.54, 1.807) is 0 Å². The van der Waals surface area contributed by atoms with Crippen LogP contribution in [-0.4, -0.2) is 49.1 Å². The lowest BCUT2D eigenvalue weighted by atomic mass is 10.2. The van der Waals surface area contributed by atoms with Gasteiger partial charge in [0, 0.05) is 19.1 Å². The SMILES string of the molecule is CCN(CC)CCNC(C)CCSC. The molecule has 0 amide bonds. The van der Waals surface area contributed by atoms with Gasteiger partial charge in [0.1, 0.15) is 0 Å². The summed E-state index contributed by atoms with van der Waals surface area (Å²) in [7, 11) is 0. The molecule has 0 rings (SSSR count). The topological polar surface area (TPSA) is 15.3 Å². The summed E-state index contributed by atoms with van der Waals surface area (Å²) in [5.41, 5.74) is 0. The lowest BCUT2D eigenvalue weighted by Crippen LogP contribution is -2.36. The first kappa shape index (κ1) is 14.3. The molecule has 0 saturated heterocycles. The number of thioether (sulfide) groups is 1. The molecule has 14 heavy (non-hydrogen) atoms. The Bertz CT molecular complexity index is 116. The van der Waals surface area contributed by atoms with Crippen LogP contribution in [0, 0.1) is 0 Å². The van der Waals surface area contributed by atoms with Crippen molar-refractivity contribution in [3.63, 3.8) is 0 Å². The van der Waals surface area contributed by atoms with E-state index < -0.39 is 0 Å². The molecule has 0 aliphatic carbocycles. The summed E-state index contributed by atoms with van der Waals surface area (Å²) in [6.45, 7) is 11.3. The maximum absolute atomic E-state index is 3.56. The highest BCUT2D eigenvalue weighted by atomic mass is 32.2. The van der Waals surface area contributed by atoms with E-state index in [0.29, 0.717) is 6.04 Å². The average Bonchev–Trinajstić information content (AvgIpc) is 2.21. The third-order valence-electron chi connectivity index (χ3n) is 2.57. The minimum absolute atomic E-state index is 0.665. The fourth-order valence-electron chi connectivity index (χ4n) is 1.41. The predicted octanol–water partition coefficient (Wildman–Crippen LogP) is 2.06. The molecule has 1 N–H and O–H groups in total. The van der Waals surface area contributed by atoms with Crippen LogP contribution in [0.1, 0.15) is 27.2 Å². The van der Waals surface area contributed by atoms with Crippen LogP contribution in [0.2, 0.25) is 0 Å². The van der Waals surface area contributed by atoms with Crippen molar-refractivity contribution in [2.75, 3.05) is 38.2 Å². The number of nitrogens with one attached hydrogen (secondary N) is 1. The van der Waals surface area contributed by atoms with E-state index in [9.17, 15) is 0 Å². The van der Waals surface area contributed by atoms with Crippen molar-refractivity contribution in [1.29, 1.82) is 0 Å². The van der Waals surface area contributed by atoms with Gasteiger partial charge in [-0.05, 0) is 38.4 Å². The van der Waals surface area contributed by atoms with Gasteiger partial charge in [0.15, 0.2) is 0 Å². The quantitative estimate of drug-likeness (QED) is 0.638. The molecule has 0 radical (unpaired) electrons. The second-order valence-electron chi connectivity index (χ2n) is 3.66. The molecule has 1 atom stereocenters. The van der Waals surface area contributed by atoms with E-state index in [4.69, 9.17) is 0 Å². The maximum atomic E-state index is 3.56. The van der Waals surface area contributed by atoms with E-state index in [1.165, 1.54) is 18.7 Å². The van der Waals surface area contributed by atoms with E-state index in [1.807, 2.05) is 11.8 Å². The zero-order chi connectivity index (χ0) is 10.8. The fourth-order valence-corrected chi connectivity index (χ4v) is 1.99. The number of nitrogens with zero attached hydrogens (tertiary/aromatic N) is 1. The van der Waals surface area contributed by atoms with E-state index in [2.05, 4.69) is 37.2 Å². The van der Waals surface area contributed by atoms with Crippen LogP contribution in [-0.2, 0) is 0 Å². The molecule has 0 aliphatic rings. The number of hydrogen-bond acceptors (Lipinski definition) is 3.